The van der Waals surface area contributed by atoms with Crippen LogP contribution in [0.2, 0.25) is 0 Å². The second-order valence-electron chi connectivity index (χ2n) is 4.12. The Labute approximate surface area is 124 Å². The molecule has 1 aromatic carbocycles. The molecule has 0 atom stereocenters. The van der Waals surface area contributed by atoms with Crippen molar-refractivity contribution in [2.75, 3.05) is 0 Å². The monoisotopic (exact) mass is 384 g/mol. The van der Waals surface area contributed by atoms with Crippen molar-refractivity contribution >= 4 is 50.7 Å². The zero-order chi connectivity index (χ0) is 15.3. The van der Waals surface area contributed by atoms with Crippen LogP contribution < -0.4 is 0 Å². The molecule has 108 valence electrons. The highest BCUT2D eigenvalue weighted by Crippen LogP contribution is 2.60. The predicted molar refractivity (Wildman–Crippen MR) is 75.5 cm³/mol. The number of hydrogen-bond acceptors (Lipinski definition) is 3. The first-order valence-corrected chi connectivity index (χ1v) is 8.44. The van der Waals surface area contributed by atoms with Gasteiger partial charge in [-0.25, -0.2) is 0 Å². The van der Waals surface area contributed by atoms with E-state index >= 15 is 0 Å². The molecule has 0 aliphatic heterocycles. The number of rotatable bonds is 3. The molecule has 1 heterocycles. The largest absolute Gasteiger partial charge is 0.399 e. The van der Waals surface area contributed by atoms with Gasteiger partial charge in [0.25, 0.3) is 0 Å². The highest BCUT2D eigenvalue weighted by molar-refractivity contribution is 9.10. The molecule has 0 spiro atoms. The summed E-state index contributed by atoms with van der Waals surface area (Å²) in [4.78, 5) is 29.2. The molecule has 2 aromatic rings. The number of carbonyl (C=O) groups is 1. The van der Waals surface area contributed by atoms with Gasteiger partial charge < -0.3 is 9.79 Å². The number of ketones is 1. The van der Waals surface area contributed by atoms with E-state index in [2.05, 4.69) is 15.9 Å². The molecule has 0 aliphatic rings. The average Bonchev–Trinajstić information content (AvgIpc) is 2.68. The lowest BCUT2D eigenvalue weighted by atomic mass is 10.1. The van der Waals surface area contributed by atoms with Crippen LogP contribution in [0.5, 0.6) is 0 Å². The summed E-state index contributed by atoms with van der Waals surface area (Å²) in [7, 11) is -5.63. The van der Waals surface area contributed by atoms with E-state index in [-0.39, 0.29) is 10.3 Å². The number of carbonyl (C=O) groups excluding carboxylic acids is 1. The Bertz CT molecular complexity index is 752. The Kier molecular flexibility index (Phi) is 3.90. The molecule has 0 amide bonds. The van der Waals surface area contributed by atoms with Gasteiger partial charge in [0.1, 0.15) is 0 Å². The molecule has 0 bridgehead atoms. The first-order chi connectivity index (χ1) is 9.04. The number of benzene rings is 1. The van der Waals surface area contributed by atoms with Crippen molar-refractivity contribution in [1.82, 2.24) is 0 Å². The van der Waals surface area contributed by atoms with Crippen molar-refractivity contribution in [2.24, 2.45) is 0 Å². The van der Waals surface area contributed by atoms with Gasteiger partial charge in [0, 0.05) is 14.7 Å². The third-order valence-corrected chi connectivity index (χ3v) is 5.47. The number of hydrogen-bond donors (Lipinski definition) is 2. The van der Waals surface area contributed by atoms with Gasteiger partial charge in [-0.3, -0.25) is 9.36 Å². The van der Waals surface area contributed by atoms with Crippen LogP contribution in [0.4, 0.5) is 8.78 Å². The van der Waals surface area contributed by atoms with E-state index in [4.69, 9.17) is 9.79 Å². The lowest BCUT2D eigenvalue weighted by Crippen LogP contribution is -2.14. The summed E-state index contributed by atoms with van der Waals surface area (Å²) in [5, 5.41) is 0.553. The first-order valence-electron chi connectivity index (χ1n) is 5.22. The maximum atomic E-state index is 13.8. The van der Waals surface area contributed by atoms with E-state index < -0.39 is 18.8 Å². The Morgan fingerprint density at radius 3 is 2.45 bits per heavy atom. The standard InChI is InChI=1S/C11H8BrF2O4PS/c1-5(15)9-3-6-2-8(12)7(4-10(6)20-9)11(13,14)19(16,17)18/h2-4H,1H3,(H2,16,17,18). The maximum absolute atomic E-state index is 13.8. The van der Waals surface area contributed by atoms with E-state index in [1.165, 1.54) is 13.0 Å². The van der Waals surface area contributed by atoms with E-state index in [9.17, 15) is 18.1 Å². The fraction of sp³-hybridized carbons (Fsp3) is 0.182. The summed E-state index contributed by atoms with van der Waals surface area (Å²) < 4.78 is 38.7. The molecule has 1 aromatic heterocycles. The van der Waals surface area contributed by atoms with Crippen LogP contribution in [0, 0.1) is 0 Å². The predicted octanol–water partition coefficient (Wildman–Crippen LogP) is 4.09. The molecule has 20 heavy (non-hydrogen) atoms. The molecule has 4 nitrogen and oxygen atoms in total. The van der Waals surface area contributed by atoms with Crippen molar-refractivity contribution in [2.45, 2.75) is 12.6 Å². The summed E-state index contributed by atoms with van der Waals surface area (Å²) in [6, 6.07) is 3.86. The van der Waals surface area contributed by atoms with Crippen LogP contribution in [0.1, 0.15) is 22.2 Å². The minimum absolute atomic E-state index is 0.119. The normalized spacial score (nSPS) is 12.9. The summed E-state index contributed by atoms with van der Waals surface area (Å²) in [6.07, 6.45) is 0. The van der Waals surface area contributed by atoms with Crippen molar-refractivity contribution < 1.29 is 27.9 Å². The molecule has 9 heteroatoms. The third kappa shape index (κ3) is 2.58. The smallest absolute Gasteiger partial charge is 0.320 e. The number of thiophene rings is 1. The average molecular weight is 385 g/mol. The second-order valence-corrected chi connectivity index (χ2v) is 7.71. The molecule has 0 saturated carbocycles. The zero-order valence-corrected chi connectivity index (χ0v) is 13.2. The number of Topliss-reactive ketones (excluding diaryl/α,β-unsaturated/α-hetero) is 1. The lowest BCUT2D eigenvalue weighted by Gasteiger charge is -2.19. The topological polar surface area (TPSA) is 74.6 Å². The maximum Gasteiger partial charge on any atom is 0.399 e. The molecule has 0 radical (unpaired) electrons. The van der Waals surface area contributed by atoms with Crippen molar-refractivity contribution in [3.05, 3.63) is 33.1 Å². The van der Waals surface area contributed by atoms with Gasteiger partial charge in [-0.2, -0.15) is 8.78 Å². The molecule has 0 unspecified atom stereocenters. The van der Waals surface area contributed by atoms with Gasteiger partial charge in [0.2, 0.25) is 0 Å². The van der Waals surface area contributed by atoms with Gasteiger partial charge in [0.05, 0.1) is 4.88 Å². The SMILES string of the molecule is CC(=O)c1cc2cc(Br)c(C(F)(F)P(=O)(O)O)cc2s1. The van der Waals surface area contributed by atoms with E-state index in [0.717, 1.165) is 17.4 Å². The van der Waals surface area contributed by atoms with Crippen LogP contribution in [0.3, 0.4) is 0 Å². The lowest BCUT2D eigenvalue weighted by molar-refractivity contribution is 0.0559. The zero-order valence-electron chi connectivity index (χ0n) is 9.93. The van der Waals surface area contributed by atoms with E-state index in [1.807, 2.05) is 0 Å². The Morgan fingerprint density at radius 1 is 1.35 bits per heavy atom. The summed E-state index contributed by atoms with van der Waals surface area (Å²) in [6.45, 7) is 1.35. The summed E-state index contributed by atoms with van der Waals surface area (Å²) >= 11 is 3.89. The van der Waals surface area contributed by atoms with Gasteiger partial charge in [-0.15, -0.1) is 11.3 Å². The van der Waals surface area contributed by atoms with Crippen molar-refractivity contribution in [3.63, 3.8) is 0 Å². The van der Waals surface area contributed by atoms with Gasteiger partial charge in [-0.1, -0.05) is 15.9 Å². The molecule has 2 N–H and O–H groups in total. The first kappa shape index (κ1) is 15.7. The molecular formula is C11H8BrF2O4PS. The minimum Gasteiger partial charge on any atom is -0.320 e. The third-order valence-electron chi connectivity index (χ3n) is 2.64. The number of fused-ring (bicyclic) bond motifs is 1. The van der Waals surface area contributed by atoms with Crippen molar-refractivity contribution in [1.29, 1.82) is 0 Å². The molecule has 0 aliphatic carbocycles. The highest BCUT2D eigenvalue weighted by Gasteiger charge is 2.51. The molecule has 0 saturated heterocycles. The van der Waals surface area contributed by atoms with Gasteiger partial charge >= 0.3 is 13.3 Å². The summed E-state index contributed by atoms with van der Waals surface area (Å²) in [5.41, 5.74) is -5.09. The Morgan fingerprint density at radius 2 is 1.95 bits per heavy atom. The molecule has 2 rings (SSSR count). The van der Waals surface area contributed by atoms with Crippen LogP contribution in [-0.4, -0.2) is 15.6 Å². The van der Waals surface area contributed by atoms with Gasteiger partial charge in [0.15, 0.2) is 5.78 Å². The molecule has 0 fully saturated rings. The minimum atomic E-state index is -5.63. The summed E-state index contributed by atoms with van der Waals surface area (Å²) in [5.74, 6) is -0.203. The number of halogens is 3. The van der Waals surface area contributed by atoms with Crippen LogP contribution in [0.15, 0.2) is 22.7 Å². The second kappa shape index (κ2) is 4.96. The van der Waals surface area contributed by atoms with Gasteiger partial charge in [-0.05, 0) is 30.5 Å². The fourth-order valence-corrected chi connectivity index (χ4v) is 3.86. The Hall–Kier alpha value is -0.660. The number of alkyl halides is 2. The van der Waals surface area contributed by atoms with E-state index in [1.54, 1.807) is 6.07 Å². The van der Waals surface area contributed by atoms with Crippen LogP contribution in [-0.2, 0) is 10.2 Å². The quantitative estimate of drug-likeness (QED) is 0.617. The Balaban J connectivity index is 2.70. The van der Waals surface area contributed by atoms with Crippen LogP contribution in [0.25, 0.3) is 10.1 Å². The fourth-order valence-electron chi connectivity index (χ4n) is 1.62. The molecular weight excluding hydrogens is 377 g/mol. The van der Waals surface area contributed by atoms with E-state index in [0.29, 0.717) is 15.0 Å². The highest BCUT2D eigenvalue weighted by atomic mass is 79.9. The van der Waals surface area contributed by atoms with Crippen LogP contribution >= 0.6 is 34.9 Å². The van der Waals surface area contributed by atoms with Crippen molar-refractivity contribution in [3.8, 4) is 0 Å².